The van der Waals surface area contributed by atoms with Crippen molar-refractivity contribution in [3.05, 3.63) is 88.2 Å². The summed E-state index contributed by atoms with van der Waals surface area (Å²) >= 11 is 0. The fourth-order valence-corrected chi connectivity index (χ4v) is 3.19. The number of esters is 1. The van der Waals surface area contributed by atoms with E-state index < -0.39 is 69.2 Å². The monoisotopic (exact) mass is 498 g/mol. The normalized spacial score (nSPS) is 11.1. The summed E-state index contributed by atoms with van der Waals surface area (Å²) in [5.41, 5.74) is -2.69. The van der Waals surface area contributed by atoms with Crippen molar-refractivity contribution in [1.29, 1.82) is 0 Å². The molecule has 35 heavy (non-hydrogen) atoms. The van der Waals surface area contributed by atoms with Gasteiger partial charge in [0.1, 0.15) is 34.8 Å². The van der Waals surface area contributed by atoms with Crippen molar-refractivity contribution in [2.45, 2.75) is 25.9 Å². The van der Waals surface area contributed by atoms with Crippen LogP contribution in [0.2, 0.25) is 0 Å². The second kappa shape index (κ2) is 10.2. The highest BCUT2D eigenvalue weighted by atomic mass is 19.4. The number of alkyl halides is 3. The van der Waals surface area contributed by atoms with E-state index in [1.54, 1.807) is 0 Å². The highest BCUT2D eigenvalue weighted by Gasteiger charge is 2.24. The zero-order valence-electron chi connectivity index (χ0n) is 17.8. The Morgan fingerprint density at radius 1 is 0.857 bits per heavy atom. The molecule has 0 atom stereocenters. The van der Waals surface area contributed by atoms with E-state index in [1.807, 2.05) is 6.92 Å². The third-order valence-corrected chi connectivity index (χ3v) is 4.68. The van der Waals surface area contributed by atoms with Crippen molar-refractivity contribution < 1.29 is 44.7 Å². The topological polar surface area (TPSA) is 26.3 Å². The summed E-state index contributed by atoms with van der Waals surface area (Å²) in [5.74, 6) is -6.75. The first-order valence-corrected chi connectivity index (χ1v) is 9.98. The molecule has 0 saturated carbocycles. The lowest BCUT2D eigenvalue weighted by atomic mass is 10.0. The Hall–Kier alpha value is -3.87. The average Bonchev–Trinajstić information content (AvgIpc) is 2.72. The van der Waals surface area contributed by atoms with Crippen molar-refractivity contribution in [2.24, 2.45) is 0 Å². The third-order valence-electron chi connectivity index (χ3n) is 4.68. The Morgan fingerprint density at radius 3 is 1.97 bits per heavy atom. The van der Waals surface area contributed by atoms with Crippen LogP contribution in [-0.4, -0.2) is 12.1 Å². The van der Waals surface area contributed by atoms with Crippen LogP contribution >= 0.6 is 0 Å². The lowest BCUT2D eigenvalue weighted by molar-refractivity contribution is -0.0696. The largest absolute Gasteiger partial charge is 0.458 e. The van der Waals surface area contributed by atoms with Crippen LogP contribution in [0, 0.1) is 40.9 Å². The second-order valence-corrected chi connectivity index (χ2v) is 7.28. The molecular weight excluding hydrogens is 484 g/mol. The smallest absolute Gasteiger partial charge is 0.423 e. The number of carbonyl (C=O) groups excluding carboxylic acids is 1. The van der Waals surface area contributed by atoms with Gasteiger partial charge >= 0.3 is 12.1 Å². The van der Waals surface area contributed by atoms with Crippen LogP contribution in [-0.2, 0) is 6.42 Å². The number of hydrogen-bond donors (Lipinski definition) is 0. The van der Waals surface area contributed by atoms with E-state index in [4.69, 9.17) is 4.74 Å². The third kappa shape index (κ3) is 6.18. The standard InChI is InChI=1S/C25H14F8O2/c1-2-3-13-4-5-17(18(26)8-13)24(34)35-15-11-21(29)23(22(30)12-15)14-9-19(27)16(20(28)10-14)6-7-25(31,32)33/h4-5,8-12H,2-3H2,1H3. The summed E-state index contributed by atoms with van der Waals surface area (Å²) < 4.78 is 113. The molecule has 0 aliphatic carbocycles. The molecular formula is C25H14F8O2. The molecule has 0 bridgehead atoms. The quantitative estimate of drug-likeness (QED) is 0.162. The van der Waals surface area contributed by atoms with Gasteiger partial charge in [0.05, 0.1) is 16.7 Å². The van der Waals surface area contributed by atoms with Gasteiger partial charge in [-0.15, -0.1) is 0 Å². The summed E-state index contributed by atoms with van der Waals surface area (Å²) in [6.07, 6.45) is -3.70. The molecule has 2 nitrogen and oxygen atoms in total. The van der Waals surface area contributed by atoms with Crippen molar-refractivity contribution in [2.75, 3.05) is 0 Å². The van der Waals surface area contributed by atoms with Crippen LogP contribution in [0.3, 0.4) is 0 Å². The highest BCUT2D eigenvalue weighted by Crippen LogP contribution is 2.32. The summed E-state index contributed by atoms with van der Waals surface area (Å²) in [4.78, 5) is 12.2. The van der Waals surface area contributed by atoms with Crippen LogP contribution in [0.4, 0.5) is 35.1 Å². The van der Waals surface area contributed by atoms with E-state index in [9.17, 15) is 39.9 Å². The first kappa shape index (κ1) is 25.7. The number of rotatable bonds is 5. The molecule has 0 radical (unpaired) electrons. The van der Waals surface area contributed by atoms with Gasteiger partial charge in [0, 0.05) is 18.1 Å². The molecule has 0 spiro atoms. The Bertz CT molecular complexity index is 1300. The minimum atomic E-state index is -5.01. The lowest BCUT2D eigenvalue weighted by Crippen LogP contribution is -2.11. The first-order valence-electron chi connectivity index (χ1n) is 9.98. The van der Waals surface area contributed by atoms with Gasteiger partial charge in [0.2, 0.25) is 0 Å². The van der Waals surface area contributed by atoms with E-state index in [0.717, 1.165) is 12.5 Å². The van der Waals surface area contributed by atoms with E-state index in [2.05, 4.69) is 0 Å². The van der Waals surface area contributed by atoms with Crippen molar-refractivity contribution in [1.82, 2.24) is 0 Å². The molecule has 0 unspecified atom stereocenters. The maximum atomic E-state index is 14.6. The molecule has 3 aromatic rings. The molecule has 0 aliphatic rings. The van der Waals surface area contributed by atoms with Crippen LogP contribution < -0.4 is 4.74 Å². The number of ether oxygens (including phenoxy) is 1. The van der Waals surface area contributed by atoms with Gasteiger partial charge in [0.15, 0.2) is 0 Å². The SMILES string of the molecule is CCCc1ccc(C(=O)Oc2cc(F)c(-c3cc(F)c(C#CC(F)(F)F)c(F)c3)c(F)c2)c(F)c1. The Kier molecular flexibility index (Phi) is 7.48. The van der Waals surface area contributed by atoms with Gasteiger partial charge in [-0.3, -0.25) is 0 Å². The van der Waals surface area contributed by atoms with Crippen LogP contribution in [0.5, 0.6) is 5.75 Å². The van der Waals surface area contributed by atoms with Crippen molar-refractivity contribution in [3.63, 3.8) is 0 Å². The molecule has 182 valence electrons. The van der Waals surface area contributed by atoms with Crippen LogP contribution in [0.15, 0.2) is 42.5 Å². The lowest BCUT2D eigenvalue weighted by Gasteiger charge is -2.11. The van der Waals surface area contributed by atoms with Crippen molar-refractivity contribution >= 4 is 5.97 Å². The zero-order chi connectivity index (χ0) is 25.9. The van der Waals surface area contributed by atoms with Crippen LogP contribution in [0.25, 0.3) is 11.1 Å². The molecule has 3 aromatic carbocycles. The minimum Gasteiger partial charge on any atom is -0.423 e. The molecule has 0 aromatic heterocycles. The maximum absolute atomic E-state index is 14.6. The molecule has 0 aliphatic heterocycles. The van der Waals surface area contributed by atoms with E-state index in [-0.39, 0.29) is 0 Å². The van der Waals surface area contributed by atoms with E-state index in [0.29, 0.717) is 42.2 Å². The molecule has 10 heteroatoms. The molecule has 0 fully saturated rings. The minimum absolute atomic E-state index is 0.407. The Balaban J connectivity index is 1.91. The molecule has 0 saturated heterocycles. The number of carbonyl (C=O) groups is 1. The van der Waals surface area contributed by atoms with Gasteiger partial charge in [-0.05, 0) is 41.8 Å². The summed E-state index contributed by atoms with van der Waals surface area (Å²) in [6, 6.07) is 5.68. The van der Waals surface area contributed by atoms with Gasteiger partial charge in [0.25, 0.3) is 0 Å². The highest BCUT2D eigenvalue weighted by molar-refractivity contribution is 5.91. The van der Waals surface area contributed by atoms with Crippen molar-refractivity contribution in [3.8, 4) is 28.7 Å². The molecule has 0 N–H and O–H groups in total. The number of benzene rings is 3. The first-order chi connectivity index (χ1) is 16.4. The van der Waals surface area contributed by atoms with E-state index in [1.165, 1.54) is 18.1 Å². The molecule has 0 heterocycles. The number of hydrogen-bond acceptors (Lipinski definition) is 2. The fraction of sp³-hybridized carbons (Fsp3) is 0.160. The Labute approximate surface area is 194 Å². The van der Waals surface area contributed by atoms with Gasteiger partial charge in [-0.1, -0.05) is 25.3 Å². The number of halogens is 8. The van der Waals surface area contributed by atoms with Crippen LogP contribution in [0.1, 0.15) is 34.8 Å². The maximum Gasteiger partial charge on any atom is 0.458 e. The predicted molar refractivity (Wildman–Crippen MR) is 110 cm³/mol. The average molecular weight is 498 g/mol. The molecule has 0 amide bonds. The summed E-state index contributed by atoms with van der Waals surface area (Å²) in [5, 5.41) is 0. The summed E-state index contributed by atoms with van der Waals surface area (Å²) in [6.45, 7) is 1.88. The fourth-order valence-electron chi connectivity index (χ4n) is 3.19. The van der Waals surface area contributed by atoms with Gasteiger partial charge < -0.3 is 4.74 Å². The second-order valence-electron chi connectivity index (χ2n) is 7.28. The molecule has 3 rings (SSSR count). The Morgan fingerprint density at radius 2 is 1.46 bits per heavy atom. The zero-order valence-corrected chi connectivity index (χ0v) is 17.8. The summed E-state index contributed by atoms with van der Waals surface area (Å²) in [7, 11) is 0. The van der Waals surface area contributed by atoms with E-state index >= 15 is 0 Å². The number of aryl methyl sites for hydroxylation is 1. The van der Waals surface area contributed by atoms with Gasteiger partial charge in [-0.25, -0.2) is 26.7 Å². The predicted octanol–water partition coefficient (Wildman–Crippen LogP) is 7.13. The van der Waals surface area contributed by atoms with Gasteiger partial charge in [-0.2, -0.15) is 13.2 Å².